The lowest BCUT2D eigenvalue weighted by molar-refractivity contribution is -0.144. The van der Waals surface area contributed by atoms with E-state index in [2.05, 4.69) is 10.2 Å². The topological polar surface area (TPSA) is 76.4 Å². The van der Waals surface area contributed by atoms with E-state index >= 15 is 0 Å². The zero-order valence-corrected chi connectivity index (χ0v) is 11.3. The smallest absolute Gasteiger partial charge is 0.313 e. The first-order chi connectivity index (χ1) is 9.61. The van der Waals surface area contributed by atoms with E-state index in [1.165, 1.54) is 4.90 Å². The first kappa shape index (κ1) is 14.0. The molecule has 1 saturated heterocycles. The van der Waals surface area contributed by atoms with Gasteiger partial charge in [-0.2, -0.15) is 5.26 Å². The number of hydrogen-bond acceptors (Lipinski definition) is 4. The number of anilines is 1. The van der Waals surface area contributed by atoms with Crippen LogP contribution in [0.3, 0.4) is 0 Å². The Morgan fingerprint density at radius 1 is 1.20 bits per heavy atom. The minimum absolute atomic E-state index is 0.340. The number of nitriles is 1. The maximum atomic E-state index is 12.0. The largest absolute Gasteiger partial charge is 0.332 e. The maximum Gasteiger partial charge on any atom is 0.313 e. The zero-order chi connectivity index (χ0) is 14.5. The Hall–Kier alpha value is -2.39. The maximum absolute atomic E-state index is 12.0. The summed E-state index contributed by atoms with van der Waals surface area (Å²) in [5.74, 6) is -1.25. The summed E-state index contributed by atoms with van der Waals surface area (Å²) in [4.78, 5) is 27.6. The second-order valence-electron chi connectivity index (χ2n) is 4.71. The second-order valence-corrected chi connectivity index (χ2v) is 4.71. The van der Waals surface area contributed by atoms with Crippen LogP contribution in [0.1, 0.15) is 5.56 Å². The lowest BCUT2D eigenvalue weighted by atomic mass is 10.2. The molecule has 6 nitrogen and oxygen atoms in total. The quantitative estimate of drug-likeness (QED) is 0.745. The molecule has 1 aliphatic rings. The van der Waals surface area contributed by atoms with Crippen LogP contribution in [0.4, 0.5) is 5.69 Å². The van der Waals surface area contributed by atoms with Crippen LogP contribution in [0.2, 0.25) is 0 Å². The molecule has 1 N–H and O–H groups in total. The van der Waals surface area contributed by atoms with E-state index in [1.54, 1.807) is 24.3 Å². The van der Waals surface area contributed by atoms with Gasteiger partial charge >= 0.3 is 11.8 Å². The molecule has 1 aromatic rings. The van der Waals surface area contributed by atoms with E-state index in [9.17, 15) is 9.59 Å². The summed E-state index contributed by atoms with van der Waals surface area (Å²) in [6, 6.07) is 8.59. The fourth-order valence-corrected chi connectivity index (χ4v) is 2.02. The van der Waals surface area contributed by atoms with Gasteiger partial charge in [0.2, 0.25) is 0 Å². The summed E-state index contributed by atoms with van der Waals surface area (Å²) in [5, 5.41) is 11.4. The molecular weight excluding hydrogens is 256 g/mol. The van der Waals surface area contributed by atoms with Gasteiger partial charge in [0.25, 0.3) is 0 Å². The summed E-state index contributed by atoms with van der Waals surface area (Å²) in [5.41, 5.74) is 0.703. The van der Waals surface area contributed by atoms with Gasteiger partial charge in [-0.15, -0.1) is 0 Å². The lowest BCUT2D eigenvalue weighted by Gasteiger charge is -2.31. The number of likely N-dealkylation sites (N-methyl/N-ethyl adjacent to an activating group) is 1. The molecule has 1 heterocycles. The number of benzene rings is 1. The first-order valence-corrected chi connectivity index (χ1v) is 6.39. The minimum Gasteiger partial charge on any atom is -0.332 e. The van der Waals surface area contributed by atoms with E-state index in [1.807, 2.05) is 13.1 Å². The summed E-state index contributed by atoms with van der Waals surface area (Å²) in [6.07, 6.45) is 0. The zero-order valence-electron chi connectivity index (χ0n) is 11.3. The van der Waals surface area contributed by atoms with E-state index < -0.39 is 11.8 Å². The average molecular weight is 272 g/mol. The number of para-hydroxylation sites is 1. The fraction of sp³-hybridized carbons (Fsp3) is 0.357. The van der Waals surface area contributed by atoms with Gasteiger partial charge in [-0.05, 0) is 19.2 Å². The van der Waals surface area contributed by atoms with E-state index in [0.717, 1.165) is 13.1 Å². The molecule has 0 atom stereocenters. The van der Waals surface area contributed by atoms with Crippen molar-refractivity contribution < 1.29 is 9.59 Å². The van der Waals surface area contributed by atoms with Crippen LogP contribution >= 0.6 is 0 Å². The molecule has 1 fully saturated rings. The highest BCUT2D eigenvalue weighted by molar-refractivity contribution is 6.39. The van der Waals surface area contributed by atoms with Gasteiger partial charge in [0.15, 0.2) is 0 Å². The highest BCUT2D eigenvalue weighted by Crippen LogP contribution is 2.13. The molecular formula is C14H16N4O2. The van der Waals surface area contributed by atoms with Crippen LogP contribution in [-0.4, -0.2) is 54.8 Å². The number of carbonyl (C=O) groups is 2. The summed E-state index contributed by atoms with van der Waals surface area (Å²) in [7, 11) is 1.98. The van der Waals surface area contributed by atoms with Crippen molar-refractivity contribution in [1.29, 1.82) is 5.26 Å². The first-order valence-electron chi connectivity index (χ1n) is 6.39. The SMILES string of the molecule is CN1CCN(C(=O)C(=O)Nc2ccccc2C#N)CC1. The Labute approximate surface area is 117 Å². The van der Waals surface area contributed by atoms with Crippen LogP contribution in [-0.2, 0) is 9.59 Å². The Morgan fingerprint density at radius 2 is 1.85 bits per heavy atom. The number of amides is 2. The standard InChI is InChI=1S/C14H16N4O2/c1-17-6-8-18(9-7-17)14(20)13(19)16-12-5-3-2-4-11(12)10-15/h2-5H,6-9H2,1H3,(H,16,19). The van der Waals surface area contributed by atoms with Crippen LogP contribution < -0.4 is 5.32 Å². The predicted octanol–water partition coefficient (Wildman–Crippen LogP) is 0.271. The highest BCUT2D eigenvalue weighted by Gasteiger charge is 2.25. The molecule has 2 rings (SSSR count). The van der Waals surface area contributed by atoms with Crippen molar-refractivity contribution >= 4 is 17.5 Å². The van der Waals surface area contributed by atoms with Crippen molar-refractivity contribution in [3.8, 4) is 6.07 Å². The molecule has 2 amide bonds. The van der Waals surface area contributed by atoms with E-state index in [4.69, 9.17) is 5.26 Å². The molecule has 0 bridgehead atoms. The number of piperazine rings is 1. The van der Waals surface area contributed by atoms with Crippen LogP contribution in [0.15, 0.2) is 24.3 Å². The number of nitrogens with one attached hydrogen (secondary N) is 1. The Bertz CT molecular complexity index is 557. The molecule has 1 aliphatic heterocycles. The minimum atomic E-state index is -0.697. The summed E-state index contributed by atoms with van der Waals surface area (Å²) in [6.45, 7) is 2.60. The van der Waals surface area contributed by atoms with Crippen LogP contribution in [0.25, 0.3) is 0 Å². The molecule has 6 heteroatoms. The van der Waals surface area contributed by atoms with Crippen molar-refractivity contribution in [1.82, 2.24) is 9.80 Å². The van der Waals surface area contributed by atoms with Crippen molar-refractivity contribution in [3.63, 3.8) is 0 Å². The number of nitrogens with zero attached hydrogens (tertiary/aromatic N) is 3. The molecule has 1 aromatic carbocycles. The molecule has 0 aliphatic carbocycles. The van der Waals surface area contributed by atoms with E-state index in [0.29, 0.717) is 24.3 Å². The fourth-order valence-electron chi connectivity index (χ4n) is 2.02. The monoisotopic (exact) mass is 272 g/mol. The van der Waals surface area contributed by atoms with E-state index in [-0.39, 0.29) is 0 Å². The van der Waals surface area contributed by atoms with Gasteiger partial charge in [-0.3, -0.25) is 9.59 Å². The highest BCUT2D eigenvalue weighted by atomic mass is 16.2. The second kappa shape index (κ2) is 6.17. The molecule has 20 heavy (non-hydrogen) atoms. The van der Waals surface area contributed by atoms with Crippen LogP contribution in [0.5, 0.6) is 0 Å². The number of rotatable bonds is 1. The Kier molecular flexibility index (Phi) is 4.33. The summed E-state index contributed by atoms with van der Waals surface area (Å²) >= 11 is 0. The molecule has 0 spiro atoms. The van der Waals surface area contributed by atoms with Gasteiger partial charge in [0.1, 0.15) is 6.07 Å². The molecule has 0 unspecified atom stereocenters. The average Bonchev–Trinajstić information content (AvgIpc) is 2.48. The lowest BCUT2D eigenvalue weighted by Crippen LogP contribution is -2.50. The Balaban J connectivity index is 2.01. The van der Waals surface area contributed by atoms with Crippen molar-refractivity contribution in [3.05, 3.63) is 29.8 Å². The van der Waals surface area contributed by atoms with Gasteiger partial charge in [-0.25, -0.2) is 0 Å². The number of carbonyl (C=O) groups excluding carboxylic acids is 2. The van der Waals surface area contributed by atoms with Gasteiger partial charge < -0.3 is 15.1 Å². The third-order valence-corrected chi connectivity index (χ3v) is 3.28. The number of hydrogen-bond donors (Lipinski definition) is 1. The Morgan fingerprint density at radius 3 is 2.50 bits per heavy atom. The molecule has 0 radical (unpaired) electrons. The molecule has 104 valence electrons. The third kappa shape index (κ3) is 3.13. The van der Waals surface area contributed by atoms with Crippen LogP contribution in [0, 0.1) is 11.3 Å². The molecule has 0 saturated carbocycles. The normalized spacial score (nSPS) is 15.5. The van der Waals surface area contributed by atoms with Gasteiger partial charge in [-0.1, -0.05) is 12.1 Å². The molecule has 0 aromatic heterocycles. The van der Waals surface area contributed by atoms with Gasteiger partial charge in [0, 0.05) is 26.2 Å². The summed E-state index contributed by atoms with van der Waals surface area (Å²) < 4.78 is 0. The van der Waals surface area contributed by atoms with Crippen molar-refractivity contribution in [2.45, 2.75) is 0 Å². The third-order valence-electron chi connectivity index (χ3n) is 3.28. The van der Waals surface area contributed by atoms with Crippen molar-refractivity contribution in [2.24, 2.45) is 0 Å². The van der Waals surface area contributed by atoms with Crippen molar-refractivity contribution in [2.75, 3.05) is 38.5 Å². The van der Waals surface area contributed by atoms with Gasteiger partial charge in [0.05, 0.1) is 11.3 Å². The predicted molar refractivity (Wildman–Crippen MR) is 73.9 cm³/mol.